The molecule has 1 heterocycles. The van der Waals surface area contributed by atoms with E-state index >= 15 is 0 Å². The zero-order valence-electron chi connectivity index (χ0n) is 13.1. The van der Waals surface area contributed by atoms with Crippen LogP contribution in [-0.2, 0) is 22.6 Å². The fourth-order valence-electron chi connectivity index (χ4n) is 2.14. The molecule has 0 amide bonds. The summed E-state index contributed by atoms with van der Waals surface area (Å²) in [7, 11) is 0. The largest absolute Gasteiger partial charge is 0.461 e. The number of halogens is 2. The Kier molecular flexibility index (Phi) is 5.40. The molecule has 0 unspecified atom stereocenters. The van der Waals surface area contributed by atoms with Crippen molar-refractivity contribution >= 4 is 17.6 Å². The summed E-state index contributed by atoms with van der Waals surface area (Å²) in [6.07, 6.45) is 0.366. The zero-order chi connectivity index (χ0) is 17.6. The van der Waals surface area contributed by atoms with Crippen LogP contribution in [0.3, 0.4) is 0 Å². The van der Waals surface area contributed by atoms with Crippen molar-refractivity contribution in [2.75, 3.05) is 0 Å². The molecule has 7 heteroatoms. The third kappa shape index (κ3) is 4.64. The van der Waals surface area contributed by atoms with E-state index in [1.165, 1.54) is 18.2 Å². The Balaban J connectivity index is 1.50. The van der Waals surface area contributed by atoms with Gasteiger partial charge in [-0.05, 0) is 12.1 Å². The van der Waals surface area contributed by atoms with Gasteiger partial charge in [-0.1, -0.05) is 53.2 Å². The number of carbonyl (C=O) groups is 1. The van der Waals surface area contributed by atoms with Crippen molar-refractivity contribution in [1.29, 1.82) is 0 Å². The van der Waals surface area contributed by atoms with Crippen LogP contribution in [-0.4, -0.2) is 16.1 Å². The maximum absolute atomic E-state index is 13.0. The summed E-state index contributed by atoms with van der Waals surface area (Å²) in [5.74, 6) is -0.0387. The summed E-state index contributed by atoms with van der Waals surface area (Å²) >= 11 is 5.88. The molecule has 0 spiro atoms. The van der Waals surface area contributed by atoms with E-state index in [0.717, 1.165) is 5.56 Å². The average Bonchev–Trinajstić information content (AvgIpc) is 3.09. The first kappa shape index (κ1) is 17.1. The molecule has 1 aromatic heterocycles. The van der Waals surface area contributed by atoms with Crippen molar-refractivity contribution < 1.29 is 18.4 Å². The molecule has 0 fully saturated rings. The molecule has 0 saturated carbocycles. The number of esters is 1. The lowest BCUT2D eigenvalue weighted by molar-refractivity contribution is -0.145. The van der Waals surface area contributed by atoms with Gasteiger partial charge in [0.05, 0.1) is 11.4 Å². The summed E-state index contributed by atoms with van der Waals surface area (Å²) in [5, 5.41) is 4.11. The first-order chi connectivity index (χ1) is 12.1. The van der Waals surface area contributed by atoms with Crippen molar-refractivity contribution in [3.63, 3.8) is 0 Å². The van der Waals surface area contributed by atoms with Crippen molar-refractivity contribution in [2.45, 2.75) is 19.4 Å². The lowest BCUT2D eigenvalue weighted by Crippen LogP contribution is -2.06. The number of rotatable bonds is 6. The van der Waals surface area contributed by atoms with Gasteiger partial charge >= 0.3 is 5.97 Å². The van der Waals surface area contributed by atoms with Crippen molar-refractivity contribution in [3.05, 3.63) is 70.8 Å². The van der Waals surface area contributed by atoms with Crippen LogP contribution in [0.15, 0.2) is 53.1 Å². The second-order valence-corrected chi connectivity index (χ2v) is 5.68. The molecular weight excluding hydrogens is 347 g/mol. The number of nitrogens with zero attached hydrogens (tertiary/aromatic N) is 2. The van der Waals surface area contributed by atoms with Gasteiger partial charge in [0.2, 0.25) is 11.7 Å². The van der Waals surface area contributed by atoms with Gasteiger partial charge in [0.25, 0.3) is 0 Å². The molecule has 0 bridgehead atoms. The fourth-order valence-corrected chi connectivity index (χ4v) is 2.36. The lowest BCUT2D eigenvalue weighted by Gasteiger charge is -2.06. The third-order valence-electron chi connectivity index (χ3n) is 3.45. The minimum Gasteiger partial charge on any atom is -0.461 e. The van der Waals surface area contributed by atoms with Gasteiger partial charge in [-0.15, -0.1) is 0 Å². The fraction of sp³-hybridized carbons (Fsp3) is 0.167. The Morgan fingerprint density at radius 2 is 2.00 bits per heavy atom. The number of hydrogen-bond acceptors (Lipinski definition) is 5. The number of aromatic nitrogens is 2. The second-order valence-electron chi connectivity index (χ2n) is 5.27. The van der Waals surface area contributed by atoms with E-state index < -0.39 is 11.8 Å². The highest BCUT2D eigenvalue weighted by Gasteiger charge is 2.12. The molecule has 2 aromatic carbocycles. The van der Waals surface area contributed by atoms with Gasteiger partial charge in [0, 0.05) is 17.5 Å². The molecule has 0 aliphatic heterocycles. The predicted octanol–water partition coefficient (Wildman–Crippen LogP) is 4.21. The molecule has 3 rings (SSSR count). The smallest absolute Gasteiger partial charge is 0.306 e. The number of carbonyl (C=O) groups excluding carboxylic acids is 1. The van der Waals surface area contributed by atoms with Gasteiger partial charge in [-0.2, -0.15) is 4.98 Å². The number of aryl methyl sites for hydroxylation is 1. The Morgan fingerprint density at radius 1 is 1.20 bits per heavy atom. The Morgan fingerprint density at radius 3 is 2.76 bits per heavy atom. The van der Waals surface area contributed by atoms with Crippen LogP contribution in [0, 0.1) is 5.82 Å². The number of ether oxygens (including phenoxy) is 1. The molecule has 0 N–H and O–H groups in total. The van der Waals surface area contributed by atoms with Gasteiger partial charge in [-0.25, -0.2) is 4.39 Å². The van der Waals surface area contributed by atoms with Gasteiger partial charge in [0.15, 0.2) is 0 Å². The highest BCUT2D eigenvalue weighted by atomic mass is 35.5. The van der Waals surface area contributed by atoms with E-state index in [1.54, 1.807) is 0 Å². The van der Waals surface area contributed by atoms with Crippen LogP contribution < -0.4 is 0 Å². The lowest BCUT2D eigenvalue weighted by atomic mass is 10.2. The molecule has 0 aliphatic carbocycles. The maximum Gasteiger partial charge on any atom is 0.306 e. The van der Waals surface area contributed by atoms with Crippen LogP contribution in [0.2, 0.25) is 5.02 Å². The van der Waals surface area contributed by atoms with E-state index in [-0.39, 0.29) is 24.5 Å². The molecule has 128 valence electrons. The van der Waals surface area contributed by atoms with Crippen molar-refractivity contribution in [2.24, 2.45) is 0 Å². The monoisotopic (exact) mass is 360 g/mol. The van der Waals surface area contributed by atoms with Gasteiger partial charge < -0.3 is 9.26 Å². The number of hydrogen-bond donors (Lipinski definition) is 0. The normalized spacial score (nSPS) is 10.6. The van der Waals surface area contributed by atoms with Crippen molar-refractivity contribution in [1.82, 2.24) is 10.1 Å². The summed E-state index contributed by atoms with van der Waals surface area (Å²) in [6, 6.07) is 13.3. The average molecular weight is 361 g/mol. The van der Waals surface area contributed by atoms with Crippen LogP contribution >= 0.6 is 11.6 Å². The predicted molar refractivity (Wildman–Crippen MR) is 89.3 cm³/mol. The van der Waals surface area contributed by atoms with Crippen LogP contribution in [0.4, 0.5) is 4.39 Å². The number of benzene rings is 2. The minimum atomic E-state index is -0.439. The van der Waals surface area contributed by atoms with Crippen molar-refractivity contribution in [3.8, 4) is 11.4 Å². The van der Waals surface area contributed by atoms with E-state index in [1.807, 2.05) is 30.3 Å². The van der Waals surface area contributed by atoms with E-state index in [2.05, 4.69) is 10.1 Å². The Labute approximate surface area is 148 Å². The zero-order valence-corrected chi connectivity index (χ0v) is 13.9. The molecule has 3 aromatic rings. The standard InChI is InChI=1S/C18H14ClFN2O3/c19-15-10-14(20)7-6-13(15)11-24-17(23)9-8-16-21-18(22-25-16)12-4-2-1-3-5-12/h1-7,10H,8-9,11H2. The summed E-state index contributed by atoms with van der Waals surface area (Å²) in [4.78, 5) is 16.1. The molecule has 0 radical (unpaired) electrons. The molecule has 0 atom stereocenters. The Bertz CT molecular complexity index is 868. The maximum atomic E-state index is 13.0. The molecule has 25 heavy (non-hydrogen) atoms. The van der Waals surface area contributed by atoms with E-state index in [9.17, 15) is 9.18 Å². The topological polar surface area (TPSA) is 65.2 Å². The molecule has 5 nitrogen and oxygen atoms in total. The van der Waals surface area contributed by atoms with E-state index in [0.29, 0.717) is 17.3 Å². The SMILES string of the molecule is O=C(CCc1nc(-c2ccccc2)no1)OCc1ccc(F)cc1Cl. The molecule has 0 saturated heterocycles. The first-order valence-corrected chi connectivity index (χ1v) is 7.97. The molecule has 0 aliphatic rings. The van der Waals surface area contributed by atoms with E-state index in [4.69, 9.17) is 20.9 Å². The molecular formula is C18H14ClFN2O3. The highest BCUT2D eigenvalue weighted by Crippen LogP contribution is 2.19. The van der Waals surface area contributed by atoms with Crippen LogP contribution in [0.25, 0.3) is 11.4 Å². The van der Waals surface area contributed by atoms with Gasteiger partial charge in [0.1, 0.15) is 12.4 Å². The summed E-state index contributed by atoms with van der Waals surface area (Å²) in [5.41, 5.74) is 1.38. The van der Waals surface area contributed by atoms with Gasteiger partial charge in [-0.3, -0.25) is 4.79 Å². The highest BCUT2D eigenvalue weighted by molar-refractivity contribution is 6.31. The first-order valence-electron chi connectivity index (χ1n) is 7.59. The minimum absolute atomic E-state index is 0.0168. The quantitative estimate of drug-likeness (QED) is 0.616. The third-order valence-corrected chi connectivity index (χ3v) is 3.80. The summed E-state index contributed by atoms with van der Waals surface area (Å²) in [6.45, 7) is -0.0168. The summed E-state index contributed by atoms with van der Waals surface area (Å²) < 4.78 is 23.2. The second kappa shape index (κ2) is 7.90. The Hall–Kier alpha value is -2.73. The van der Waals surface area contributed by atoms with Crippen LogP contribution in [0.5, 0.6) is 0 Å². The van der Waals surface area contributed by atoms with Crippen LogP contribution in [0.1, 0.15) is 17.9 Å².